The number of aryl methyl sites for hydroxylation is 1. The lowest BCUT2D eigenvalue weighted by Crippen LogP contribution is -2.17. The van der Waals surface area contributed by atoms with E-state index in [1.165, 1.54) is 11.8 Å². The SMILES string of the molecule is Cc1cccc(CSc2nnc(-c3cc(-c4ccccc4)nc4ccccc34)n2CC2CCCO2)c1F. The number of nitrogens with zero attached hydrogens (tertiary/aromatic N) is 4. The lowest BCUT2D eigenvalue weighted by atomic mass is 10.0. The van der Waals surface area contributed by atoms with Crippen LogP contribution in [0, 0.1) is 12.7 Å². The van der Waals surface area contributed by atoms with Gasteiger partial charge in [-0.25, -0.2) is 9.37 Å². The highest BCUT2D eigenvalue weighted by Gasteiger charge is 2.24. The topological polar surface area (TPSA) is 52.8 Å². The van der Waals surface area contributed by atoms with Gasteiger partial charge in [0, 0.05) is 28.9 Å². The first-order valence-corrected chi connectivity index (χ1v) is 13.5. The first-order valence-electron chi connectivity index (χ1n) is 12.5. The number of aromatic nitrogens is 4. The van der Waals surface area contributed by atoms with Crippen LogP contribution < -0.4 is 0 Å². The maximum absolute atomic E-state index is 14.7. The summed E-state index contributed by atoms with van der Waals surface area (Å²) in [6, 6.07) is 25.9. The lowest BCUT2D eigenvalue weighted by molar-refractivity contribution is 0.0953. The average molecular weight is 511 g/mol. The van der Waals surface area contributed by atoms with E-state index in [4.69, 9.17) is 9.72 Å². The number of benzene rings is 3. The van der Waals surface area contributed by atoms with Gasteiger partial charge < -0.3 is 4.74 Å². The summed E-state index contributed by atoms with van der Waals surface area (Å²) in [4.78, 5) is 4.94. The number of fused-ring (bicyclic) bond motifs is 1. The molecule has 3 heterocycles. The minimum Gasteiger partial charge on any atom is -0.376 e. The van der Waals surface area contributed by atoms with Gasteiger partial charge in [-0.2, -0.15) is 0 Å². The van der Waals surface area contributed by atoms with E-state index in [0.29, 0.717) is 23.4 Å². The maximum Gasteiger partial charge on any atom is 0.191 e. The Hall–Kier alpha value is -3.55. The Labute approximate surface area is 219 Å². The molecule has 0 N–H and O–H groups in total. The van der Waals surface area contributed by atoms with Gasteiger partial charge in [0.15, 0.2) is 11.0 Å². The Balaban J connectivity index is 1.45. The van der Waals surface area contributed by atoms with E-state index < -0.39 is 0 Å². The van der Waals surface area contributed by atoms with Gasteiger partial charge in [-0.1, -0.05) is 78.5 Å². The Bertz CT molecular complexity index is 1550. The molecule has 5 aromatic rings. The molecule has 1 aliphatic heterocycles. The van der Waals surface area contributed by atoms with Crippen LogP contribution in [0.2, 0.25) is 0 Å². The van der Waals surface area contributed by atoms with Crippen LogP contribution >= 0.6 is 11.8 Å². The third kappa shape index (κ3) is 4.89. The molecule has 3 aromatic carbocycles. The minimum absolute atomic E-state index is 0.103. The van der Waals surface area contributed by atoms with Gasteiger partial charge in [0.1, 0.15) is 5.82 Å². The molecule has 1 atom stereocenters. The first kappa shape index (κ1) is 23.8. The van der Waals surface area contributed by atoms with Crippen molar-refractivity contribution in [2.45, 2.75) is 43.3 Å². The fraction of sp³-hybridized carbons (Fsp3) is 0.233. The fourth-order valence-electron chi connectivity index (χ4n) is 4.83. The number of halogens is 1. The molecule has 5 nitrogen and oxygen atoms in total. The number of hydrogen-bond acceptors (Lipinski definition) is 5. The highest BCUT2D eigenvalue weighted by atomic mass is 32.2. The van der Waals surface area contributed by atoms with Crippen molar-refractivity contribution in [3.63, 3.8) is 0 Å². The number of para-hydroxylation sites is 1. The third-order valence-corrected chi connectivity index (χ3v) is 7.80. The molecule has 0 spiro atoms. The minimum atomic E-state index is -0.159. The molecule has 0 radical (unpaired) electrons. The normalized spacial score (nSPS) is 15.5. The zero-order valence-electron chi connectivity index (χ0n) is 20.6. The van der Waals surface area contributed by atoms with Crippen LogP contribution in [0.5, 0.6) is 0 Å². The van der Waals surface area contributed by atoms with Crippen molar-refractivity contribution < 1.29 is 9.13 Å². The van der Waals surface area contributed by atoms with E-state index >= 15 is 0 Å². The van der Waals surface area contributed by atoms with E-state index in [1.807, 2.05) is 48.5 Å². The molecule has 0 bridgehead atoms. The predicted molar refractivity (Wildman–Crippen MR) is 146 cm³/mol. The zero-order chi connectivity index (χ0) is 25.2. The molecule has 37 heavy (non-hydrogen) atoms. The van der Waals surface area contributed by atoms with Gasteiger partial charge in [-0.05, 0) is 43.0 Å². The molecule has 2 aromatic heterocycles. The molecule has 0 aliphatic carbocycles. The van der Waals surface area contributed by atoms with Gasteiger partial charge in [0.05, 0.1) is 23.9 Å². The molecule has 1 unspecified atom stereocenters. The van der Waals surface area contributed by atoms with Crippen LogP contribution in [0.15, 0.2) is 84.0 Å². The fourth-order valence-corrected chi connectivity index (χ4v) is 5.75. The van der Waals surface area contributed by atoms with Crippen LogP contribution in [0.25, 0.3) is 33.5 Å². The van der Waals surface area contributed by atoms with Crippen molar-refractivity contribution in [3.8, 4) is 22.6 Å². The van der Waals surface area contributed by atoms with E-state index in [1.54, 1.807) is 13.0 Å². The van der Waals surface area contributed by atoms with Crippen molar-refractivity contribution in [2.24, 2.45) is 0 Å². The van der Waals surface area contributed by atoms with Gasteiger partial charge in [-0.15, -0.1) is 10.2 Å². The number of rotatable bonds is 7. The second-order valence-electron chi connectivity index (χ2n) is 9.33. The van der Waals surface area contributed by atoms with Gasteiger partial charge >= 0.3 is 0 Å². The standard InChI is InChI=1S/C30H27FN4OS/c1-20-9-7-12-22(28(20)31)19-37-30-34-33-29(35(30)18-23-13-8-16-36-23)25-17-27(21-10-3-2-4-11-21)32-26-15-6-5-14-24(25)26/h2-7,9-12,14-15,17,23H,8,13,16,18-19H2,1H3. The summed E-state index contributed by atoms with van der Waals surface area (Å²) in [5.74, 6) is 1.09. The monoisotopic (exact) mass is 510 g/mol. The molecule has 0 amide bonds. The predicted octanol–water partition coefficient (Wildman–Crippen LogP) is 7.08. The molecular formula is C30H27FN4OS. The van der Waals surface area contributed by atoms with Crippen molar-refractivity contribution in [1.29, 1.82) is 0 Å². The first-order chi connectivity index (χ1) is 18.2. The summed E-state index contributed by atoms with van der Waals surface area (Å²) >= 11 is 1.51. The third-order valence-electron chi connectivity index (χ3n) is 6.78. The molecular weight excluding hydrogens is 483 g/mol. The average Bonchev–Trinajstić information content (AvgIpc) is 3.60. The summed E-state index contributed by atoms with van der Waals surface area (Å²) in [6.45, 7) is 3.22. The number of thioether (sulfide) groups is 1. The van der Waals surface area contributed by atoms with Gasteiger partial charge in [0.2, 0.25) is 0 Å². The van der Waals surface area contributed by atoms with Crippen molar-refractivity contribution in [2.75, 3.05) is 6.61 Å². The molecule has 1 aliphatic rings. The molecule has 0 saturated carbocycles. The maximum atomic E-state index is 14.7. The van der Waals surface area contributed by atoms with E-state index in [9.17, 15) is 4.39 Å². The largest absolute Gasteiger partial charge is 0.376 e. The van der Waals surface area contributed by atoms with Crippen molar-refractivity contribution >= 4 is 22.7 Å². The molecule has 186 valence electrons. The van der Waals surface area contributed by atoms with Crippen molar-refractivity contribution in [1.82, 2.24) is 19.7 Å². The van der Waals surface area contributed by atoms with Crippen LogP contribution in [0.1, 0.15) is 24.0 Å². The van der Waals surface area contributed by atoms with Gasteiger partial charge in [0.25, 0.3) is 0 Å². The summed E-state index contributed by atoms with van der Waals surface area (Å²) in [7, 11) is 0. The van der Waals surface area contributed by atoms with Crippen LogP contribution in [0.4, 0.5) is 4.39 Å². The molecule has 7 heteroatoms. The molecule has 6 rings (SSSR count). The number of pyridine rings is 1. The summed E-state index contributed by atoms with van der Waals surface area (Å²) in [5.41, 5.74) is 5.13. The zero-order valence-corrected chi connectivity index (χ0v) is 21.4. The Morgan fingerprint density at radius 3 is 2.68 bits per heavy atom. The second-order valence-corrected chi connectivity index (χ2v) is 10.3. The summed E-state index contributed by atoms with van der Waals surface area (Å²) < 4.78 is 22.8. The Morgan fingerprint density at radius 1 is 1.00 bits per heavy atom. The van der Waals surface area contributed by atoms with E-state index in [-0.39, 0.29) is 11.9 Å². The molecule has 1 saturated heterocycles. The Morgan fingerprint density at radius 2 is 1.84 bits per heavy atom. The van der Waals surface area contributed by atoms with Crippen LogP contribution in [-0.4, -0.2) is 32.5 Å². The van der Waals surface area contributed by atoms with E-state index in [0.717, 1.165) is 58.2 Å². The summed E-state index contributed by atoms with van der Waals surface area (Å²) in [6.07, 6.45) is 2.15. The summed E-state index contributed by atoms with van der Waals surface area (Å²) in [5, 5.41) is 11.0. The van der Waals surface area contributed by atoms with Crippen LogP contribution in [-0.2, 0) is 17.0 Å². The van der Waals surface area contributed by atoms with Crippen molar-refractivity contribution in [3.05, 3.63) is 95.8 Å². The van der Waals surface area contributed by atoms with Crippen LogP contribution in [0.3, 0.4) is 0 Å². The highest BCUT2D eigenvalue weighted by molar-refractivity contribution is 7.98. The van der Waals surface area contributed by atoms with E-state index in [2.05, 4.69) is 39.0 Å². The molecule has 1 fully saturated rings. The lowest BCUT2D eigenvalue weighted by Gasteiger charge is -2.16. The number of hydrogen-bond donors (Lipinski definition) is 0. The quantitative estimate of drug-likeness (QED) is 0.219. The Kier molecular flexibility index (Phi) is 6.72. The highest BCUT2D eigenvalue weighted by Crippen LogP contribution is 2.34. The van der Waals surface area contributed by atoms with Gasteiger partial charge in [-0.3, -0.25) is 4.57 Å². The number of ether oxygens (including phenoxy) is 1. The smallest absolute Gasteiger partial charge is 0.191 e. The second kappa shape index (κ2) is 10.4.